The number of ether oxygens (including phenoxy) is 1. The van der Waals surface area contributed by atoms with Gasteiger partial charge in [0.05, 0.1) is 18.4 Å². The number of carbonyl (C=O) groups excluding carboxylic acids is 1. The molecule has 0 bridgehead atoms. The minimum absolute atomic E-state index is 0.0415. The molecule has 1 unspecified atom stereocenters. The zero-order chi connectivity index (χ0) is 15.7. The number of hydrogen-bond donors (Lipinski definition) is 0. The van der Waals surface area contributed by atoms with E-state index in [4.69, 9.17) is 9.15 Å². The minimum Gasteiger partial charge on any atom is -0.445 e. The van der Waals surface area contributed by atoms with E-state index in [-0.39, 0.29) is 30.9 Å². The highest BCUT2D eigenvalue weighted by atomic mass is 32.2. The summed E-state index contributed by atoms with van der Waals surface area (Å²) >= 11 is 0. The number of anilines is 1. The second-order valence-electron chi connectivity index (χ2n) is 5.68. The van der Waals surface area contributed by atoms with E-state index in [0.717, 1.165) is 18.6 Å². The van der Waals surface area contributed by atoms with Gasteiger partial charge < -0.3 is 9.15 Å². The van der Waals surface area contributed by atoms with Crippen molar-refractivity contribution in [3.63, 3.8) is 0 Å². The molecule has 8 heteroatoms. The Balaban J connectivity index is 1.65. The van der Waals surface area contributed by atoms with Crippen molar-refractivity contribution in [2.75, 3.05) is 36.9 Å². The van der Waals surface area contributed by atoms with Crippen molar-refractivity contribution in [2.45, 2.75) is 25.9 Å². The van der Waals surface area contributed by atoms with E-state index >= 15 is 0 Å². The van der Waals surface area contributed by atoms with E-state index < -0.39 is 10.0 Å². The fraction of sp³-hybridized carbons (Fsp3) is 0.643. The molecule has 0 aliphatic carbocycles. The van der Waals surface area contributed by atoms with Gasteiger partial charge in [-0.3, -0.25) is 9.69 Å². The minimum atomic E-state index is -3.47. The highest BCUT2D eigenvalue weighted by Gasteiger charge is 2.35. The monoisotopic (exact) mass is 328 g/mol. The maximum atomic E-state index is 12.4. The standard InChI is InChI=1S/C14H20N2O5S/c1-11-4-5-14(21-11)16-7-6-15(9-13(16)17)22(18,19)10-12-3-2-8-20-12/h4-5,12H,2-3,6-10H2,1H3. The quantitative estimate of drug-likeness (QED) is 0.815. The first-order valence-corrected chi connectivity index (χ1v) is 9.03. The third-order valence-electron chi connectivity index (χ3n) is 3.99. The van der Waals surface area contributed by atoms with Gasteiger partial charge in [0.25, 0.3) is 0 Å². The van der Waals surface area contributed by atoms with Crippen molar-refractivity contribution in [3.05, 3.63) is 17.9 Å². The first-order valence-electron chi connectivity index (χ1n) is 7.42. The lowest BCUT2D eigenvalue weighted by molar-refractivity contribution is -0.120. The average molecular weight is 328 g/mol. The number of amides is 1. The van der Waals surface area contributed by atoms with Gasteiger partial charge in [-0.15, -0.1) is 0 Å². The number of carbonyl (C=O) groups is 1. The number of hydrogen-bond acceptors (Lipinski definition) is 5. The van der Waals surface area contributed by atoms with Gasteiger partial charge in [0.2, 0.25) is 21.8 Å². The zero-order valence-electron chi connectivity index (χ0n) is 12.5. The van der Waals surface area contributed by atoms with E-state index in [9.17, 15) is 13.2 Å². The van der Waals surface area contributed by atoms with Crippen molar-refractivity contribution >= 4 is 21.8 Å². The summed E-state index contributed by atoms with van der Waals surface area (Å²) in [6.07, 6.45) is 1.41. The summed E-state index contributed by atoms with van der Waals surface area (Å²) in [5, 5.41) is 0. The zero-order valence-corrected chi connectivity index (χ0v) is 13.3. The number of piperazine rings is 1. The van der Waals surface area contributed by atoms with E-state index in [1.165, 1.54) is 9.21 Å². The highest BCUT2D eigenvalue weighted by molar-refractivity contribution is 7.89. The molecule has 2 aliphatic heterocycles. The van der Waals surface area contributed by atoms with Crippen LogP contribution in [0.1, 0.15) is 18.6 Å². The summed E-state index contributed by atoms with van der Waals surface area (Å²) in [4.78, 5) is 13.7. The number of rotatable bonds is 4. The lowest BCUT2D eigenvalue weighted by Crippen LogP contribution is -2.53. The molecule has 1 atom stereocenters. The van der Waals surface area contributed by atoms with E-state index in [1.54, 1.807) is 19.1 Å². The fourth-order valence-corrected chi connectivity index (χ4v) is 4.42. The second-order valence-corrected chi connectivity index (χ2v) is 7.69. The van der Waals surface area contributed by atoms with Crippen molar-refractivity contribution in [2.24, 2.45) is 0 Å². The van der Waals surface area contributed by atoms with Crippen LogP contribution in [-0.2, 0) is 19.6 Å². The maximum Gasteiger partial charge on any atom is 0.244 e. The van der Waals surface area contributed by atoms with Gasteiger partial charge in [-0.2, -0.15) is 4.31 Å². The van der Waals surface area contributed by atoms with Crippen LogP contribution in [0.4, 0.5) is 5.88 Å². The van der Waals surface area contributed by atoms with Crippen LogP contribution in [0.15, 0.2) is 16.5 Å². The molecule has 2 saturated heterocycles. The number of aryl methyl sites for hydroxylation is 1. The van der Waals surface area contributed by atoms with Gasteiger partial charge in [0.15, 0.2) is 0 Å². The Hall–Kier alpha value is -1.38. The smallest absolute Gasteiger partial charge is 0.244 e. The number of sulfonamides is 1. The Morgan fingerprint density at radius 3 is 2.73 bits per heavy atom. The van der Waals surface area contributed by atoms with Crippen LogP contribution in [0, 0.1) is 6.92 Å². The Morgan fingerprint density at radius 1 is 1.32 bits per heavy atom. The molecule has 7 nitrogen and oxygen atoms in total. The first kappa shape index (κ1) is 15.5. The molecule has 2 fully saturated rings. The van der Waals surface area contributed by atoms with E-state index in [0.29, 0.717) is 19.0 Å². The Labute approximate surface area is 129 Å². The normalized spacial score (nSPS) is 24.1. The van der Waals surface area contributed by atoms with Crippen molar-refractivity contribution in [1.82, 2.24) is 4.31 Å². The molecule has 22 heavy (non-hydrogen) atoms. The maximum absolute atomic E-state index is 12.4. The van der Waals surface area contributed by atoms with Gasteiger partial charge in [-0.1, -0.05) is 0 Å². The van der Waals surface area contributed by atoms with Crippen LogP contribution >= 0.6 is 0 Å². The van der Waals surface area contributed by atoms with Crippen LogP contribution in [0.2, 0.25) is 0 Å². The molecule has 1 amide bonds. The number of furan rings is 1. The summed E-state index contributed by atoms with van der Waals surface area (Å²) in [6, 6.07) is 3.51. The topological polar surface area (TPSA) is 80.1 Å². The molecule has 3 rings (SSSR count). The van der Waals surface area contributed by atoms with Gasteiger partial charge in [0.1, 0.15) is 5.76 Å². The highest BCUT2D eigenvalue weighted by Crippen LogP contribution is 2.22. The number of nitrogens with zero attached hydrogens (tertiary/aromatic N) is 2. The molecule has 0 saturated carbocycles. The SMILES string of the molecule is Cc1ccc(N2CCN(S(=O)(=O)CC3CCCO3)CC2=O)o1. The predicted molar refractivity (Wildman–Crippen MR) is 80.1 cm³/mol. The summed E-state index contributed by atoms with van der Waals surface area (Å²) < 4.78 is 36.8. The molecule has 122 valence electrons. The summed E-state index contributed by atoms with van der Waals surface area (Å²) in [6.45, 7) is 2.85. The van der Waals surface area contributed by atoms with E-state index in [2.05, 4.69) is 0 Å². The molecule has 0 radical (unpaired) electrons. The lowest BCUT2D eigenvalue weighted by Gasteiger charge is -2.32. The molecule has 1 aromatic heterocycles. The molecular formula is C14H20N2O5S. The molecule has 1 aromatic rings. The largest absolute Gasteiger partial charge is 0.445 e. The lowest BCUT2D eigenvalue weighted by atomic mass is 10.3. The third-order valence-corrected chi connectivity index (χ3v) is 5.88. The van der Waals surface area contributed by atoms with Crippen LogP contribution < -0.4 is 4.90 Å². The average Bonchev–Trinajstić information content (AvgIpc) is 3.10. The Morgan fingerprint density at radius 2 is 2.14 bits per heavy atom. The molecule has 2 aliphatic rings. The van der Waals surface area contributed by atoms with Crippen LogP contribution in [-0.4, -0.2) is 56.7 Å². The molecular weight excluding hydrogens is 308 g/mol. The van der Waals surface area contributed by atoms with Crippen LogP contribution in [0.5, 0.6) is 0 Å². The molecule has 3 heterocycles. The van der Waals surface area contributed by atoms with E-state index in [1.807, 2.05) is 0 Å². The first-order chi connectivity index (χ1) is 10.5. The Kier molecular flexibility index (Phi) is 4.24. The van der Waals surface area contributed by atoms with Gasteiger partial charge >= 0.3 is 0 Å². The predicted octanol–water partition coefficient (Wildman–Crippen LogP) is 0.745. The van der Waals surface area contributed by atoms with Gasteiger partial charge in [-0.25, -0.2) is 8.42 Å². The van der Waals surface area contributed by atoms with Crippen LogP contribution in [0.3, 0.4) is 0 Å². The molecule has 0 aromatic carbocycles. The molecule has 0 spiro atoms. The third kappa shape index (κ3) is 3.18. The van der Waals surface area contributed by atoms with Crippen molar-refractivity contribution in [1.29, 1.82) is 0 Å². The fourth-order valence-electron chi connectivity index (χ4n) is 2.80. The Bertz CT molecular complexity index is 648. The van der Waals surface area contributed by atoms with Gasteiger partial charge in [-0.05, 0) is 25.8 Å². The van der Waals surface area contributed by atoms with Crippen molar-refractivity contribution in [3.8, 4) is 0 Å². The summed E-state index contributed by atoms with van der Waals surface area (Å²) in [7, 11) is -3.47. The summed E-state index contributed by atoms with van der Waals surface area (Å²) in [5.41, 5.74) is 0. The molecule has 0 N–H and O–H groups in total. The summed E-state index contributed by atoms with van der Waals surface area (Å²) in [5.74, 6) is 0.881. The second kappa shape index (κ2) is 6.02. The van der Waals surface area contributed by atoms with Crippen LogP contribution in [0.25, 0.3) is 0 Å². The van der Waals surface area contributed by atoms with Crippen molar-refractivity contribution < 1.29 is 22.4 Å². The van der Waals surface area contributed by atoms with Gasteiger partial charge in [0, 0.05) is 25.8 Å².